The molecule has 1 N–H and O–H groups in total. The van der Waals surface area contributed by atoms with Gasteiger partial charge in [-0.1, -0.05) is 12.1 Å². The Morgan fingerprint density at radius 2 is 1.92 bits per heavy atom. The third-order valence-corrected chi connectivity index (χ3v) is 4.75. The Kier molecular flexibility index (Phi) is 4.89. The summed E-state index contributed by atoms with van der Waals surface area (Å²) in [5.74, 6) is -0.157. The Bertz CT molecular complexity index is 837. The van der Waals surface area contributed by atoms with Crippen molar-refractivity contribution in [2.24, 2.45) is 0 Å². The third-order valence-electron chi connectivity index (χ3n) is 4.00. The fraction of sp³-hybridized carbons (Fsp3) is 0.353. The van der Waals surface area contributed by atoms with Gasteiger partial charge in [0.2, 0.25) is 5.91 Å². The number of aromatic nitrogens is 2. The summed E-state index contributed by atoms with van der Waals surface area (Å²) in [6.07, 6.45) is 3.98. The Balaban J connectivity index is 1.75. The minimum absolute atomic E-state index is 0.145. The Morgan fingerprint density at radius 1 is 1.21 bits per heavy atom. The number of thioether (sulfide) groups is 1. The predicted octanol–water partition coefficient (Wildman–Crippen LogP) is 1.45. The minimum Gasteiger partial charge on any atom is -0.334 e. The van der Waals surface area contributed by atoms with Gasteiger partial charge in [-0.25, -0.2) is 4.68 Å². The molecule has 126 valence electrons. The van der Waals surface area contributed by atoms with Crippen molar-refractivity contribution in [3.63, 3.8) is 0 Å². The summed E-state index contributed by atoms with van der Waals surface area (Å²) < 4.78 is 1.07. The molecule has 3 rings (SSSR count). The van der Waals surface area contributed by atoms with Crippen LogP contribution in [0.2, 0.25) is 0 Å². The number of H-pyrrole nitrogens is 1. The number of aromatic amines is 1. The van der Waals surface area contributed by atoms with Crippen molar-refractivity contribution in [3.8, 4) is 0 Å². The molecule has 0 radical (unpaired) electrons. The van der Waals surface area contributed by atoms with Crippen molar-refractivity contribution < 1.29 is 4.79 Å². The van der Waals surface area contributed by atoms with Gasteiger partial charge in [0, 0.05) is 29.6 Å². The number of amides is 1. The lowest BCUT2D eigenvalue weighted by Gasteiger charge is -2.23. The molecule has 7 heteroatoms. The van der Waals surface area contributed by atoms with Crippen molar-refractivity contribution in [1.82, 2.24) is 14.7 Å². The molecule has 24 heavy (non-hydrogen) atoms. The summed E-state index contributed by atoms with van der Waals surface area (Å²) in [6, 6.07) is 10.7. The number of carbonyl (C=O) groups is 1. The fourth-order valence-electron chi connectivity index (χ4n) is 2.54. The summed E-state index contributed by atoms with van der Waals surface area (Å²) in [6.45, 7) is 0.373. The molecule has 0 bridgehead atoms. The van der Waals surface area contributed by atoms with Crippen LogP contribution in [-0.4, -0.2) is 32.9 Å². The molecule has 1 aromatic carbocycles. The van der Waals surface area contributed by atoms with Gasteiger partial charge in [-0.2, -0.15) is 0 Å². The van der Waals surface area contributed by atoms with Crippen LogP contribution in [0.25, 0.3) is 0 Å². The number of benzene rings is 1. The van der Waals surface area contributed by atoms with Crippen LogP contribution in [0.4, 0.5) is 0 Å². The lowest BCUT2D eigenvalue weighted by molar-refractivity contribution is -0.133. The normalized spacial score (nSPS) is 13.7. The van der Waals surface area contributed by atoms with E-state index in [2.05, 4.69) is 5.10 Å². The average molecular weight is 345 g/mol. The SMILES string of the molecule is CSc1ccc(CN(C(=O)Cn2[nH]c(=O)ccc2=O)C2CC2)cc1. The molecule has 1 fully saturated rings. The molecule has 2 aromatic rings. The highest BCUT2D eigenvalue weighted by atomic mass is 32.2. The third kappa shape index (κ3) is 3.97. The van der Waals surface area contributed by atoms with Gasteiger partial charge >= 0.3 is 0 Å². The van der Waals surface area contributed by atoms with Gasteiger partial charge in [0.1, 0.15) is 6.54 Å². The highest BCUT2D eigenvalue weighted by molar-refractivity contribution is 7.98. The second-order valence-electron chi connectivity index (χ2n) is 5.83. The molecule has 0 spiro atoms. The number of nitrogens with one attached hydrogen (secondary N) is 1. The van der Waals surface area contributed by atoms with E-state index in [1.165, 1.54) is 11.0 Å². The van der Waals surface area contributed by atoms with E-state index >= 15 is 0 Å². The fourth-order valence-corrected chi connectivity index (χ4v) is 2.95. The molecule has 0 unspecified atom stereocenters. The van der Waals surface area contributed by atoms with Crippen LogP contribution in [0, 0.1) is 0 Å². The molecule has 1 heterocycles. The van der Waals surface area contributed by atoms with Crippen LogP contribution in [0.3, 0.4) is 0 Å². The summed E-state index contributed by atoms with van der Waals surface area (Å²) in [4.78, 5) is 38.7. The van der Waals surface area contributed by atoms with Gasteiger partial charge in [0.15, 0.2) is 0 Å². The first-order valence-electron chi connectivity index (χ1n) is 7.79. The van der Waals surface area contributed by atoms with E-state index in [0.717, 1.165) is 29.2 Å². The average Bonchev–Trinajstić information content (AvgIpc) is 3.41. The van der Waals surface area contributed by atoms with Gasteiger partial charge in [-0.05, 0) is 36.8 Å². The van der Waals surface area contributed by atoms with E-state index in [0.29, 0.717) is 6.54 Å². The lowest BCUT2D eigenvalue weighted by atomic mass is 10.2. The van der Waals surface area contributed by atoms with E-state index < -0.39 is 5.56 Å². The summed E-state index contributed by atoms with van der Waals surface area (Å²) in [5, 5.41) is 2.40. The van der Waals surface area contributed by atoms with Gasteiger partial charge < -0.3 is 4.90 Å². The molecular weight excluding hydrogens is 326 g/mol. The molecule has 0 saturated heterocycles. The largest absolute Gasteiger partial charge is 0.334 e. The molecule has 0 atom stereocenters. The van der Waals surface area contributed by atoms with Crippen LogP contribution in [-0.2, 0) is 17.9 Å². The van der Waals surface area contributed by atoms with E-state index in [4.69, 9.17) is 0 Å². The summed E-state index contributed by atoms with van der Waals surface area (Å²) in [5.41, 5.74) is 0.276. The zero-order valence-electron chi connectivity index (χ0n) is 13.4. The van der Waals surface area contributed by atoms with Gasteiger partial charge in [-0.3, -0.25) is 19.5 Å². The lowest BCUT2D eigenvalue weighted by Crippen LogP contribution is -2.39. The monoisotopic (exact) mass is 345 g/mol. The van der Waals surface area contributed by atoms with Gasteiger partial charge in [0.25, 0.3) is 11.1 Å². The van der Waals surface area contributed by atoms with Crippen molar-refractivity contribution in [1.29, 1.82) is 0 Å². The summed E-state index contributed by atoms with van der Waals surface area (Å²) in [7, 11) is 0. The van der Waals surface area contributed by atoms with Crippen LogP contribution in [0.1, 0.15) is 18.4 Å². The van der Waals surface area contributed by atoms with E-state index in [9.17, 15) is 14.4 Å². The molecule has 1 aliphatic carbocycles. The zero-order valence-corrected chi connectivity index (χ0v) is 14.2. The Labute approximate surface area is 143 Å². The number of nitrogens with zero attached hydrogens (tertiary/aromatic N) is 2. The van der Waals surface area contributed by atoms with Gasteiger partial charge in [-0.15, -0.1) is 11.8 Å². The van der Waals surface area contributed by atoms with E-state index in [1.54, 1.807) is 16.7 Å². The van der Waals surface area contributed by atoms with Crippen molar-refractivity contribution in [2.75, 3.05) is 6.26 Å². The number of hydrogen-bond donors (Lipinski definition) is 1. The van der Waals surface area contributed by atoms with Gasteiger partial charge in [0.05, 0.1) is 0 Å². The Morgan fingerprint density at radius 3 is 2.54 bits per heavy atom. The van der Waals surface area contributed by atoms with Crippen LogP contribution in [0.5, 0.6) is 0 Å². The molecule has 0 aliphatic heterocycles. The first-order chi connectivity index (χ1) is 11.6. The predicted molar refractivity (Wildman–Crippen MR) is 93.1 cm³/mol. The highest BCUT2D eigenvalue weighted by Gasteiger charge is 2.32. The maximum atomic E-state index is 12.6. The summed E-state index contributed by atoms with van der Waals surface area (Å²) >= 11 is 1.67. The first kappa shape index (κ1) is 16.6. The smallest absolute Gasteiger partial charge is 0.265 e. The van der Waals surface area contributed by atoms with Crippen molar-refractivity contribution >= 4 is 17.7 Å². The van der Waals surface area contributed by atoms with Crippen LogP contribution in [0.15, 0.2) is 50.9 Å². The molecule has 6 nitrogen and oxygen atoms in total. The second-order valence-corrected chi connectivity index (χ2v) is 6.71. The second kappa shape index (κ2) is 7.09. The topological polar surface area (TPSA) is 75.2 Å². The molecule has 1 aromatic heterocycles. The molecular formula is C17H19N3O3S. The van der Waals surface area contributed by atoms with Crippen molar-refractivity contribution in [3.05, 3.63) is 62.7 Å². The first-order valence-corrected chi connectivity index (χ1v) is 9.02. The molecule has 1 amide bonds. The standard InChI is InChI=1S/C17H19N3O3S/c1-24-14-6-2-12(3-7-14)10-19(13-4-5-13)17(23)11-20-16(22)9-8-15(21)18-20/h2-3,6-9,13H,4-5,10-11H2,1H3,(H,18,21). The van der Waals surface area contributed by atoms with Crippen LogP contribution >= 0.6 is 11.8 Å². The number of rotatable bonds is 6. The number of carbonyl (C=O) groups excluding carboxylic acids is 1. The quantitative estimate of drug-likeness (QED) is 0.804. The molecule has 1 saturated carbocycles. The highest BCUT2D eigenvalue weighted by Crippen LogP contribution is 2.29. The van der Waals surface area contributed by atoms with E-state index in [-0.39, 0.29) is 24.1 Å². The minimum atomic E-state index is -0.395. The van der Waals surface area contributed by atoms with E-state index in [1.807, 2.05) is 30.5 Å². The Hall–Kier alpha value is -2.28. The maximum absolute atomic E-state index is 12.6. The van der Waals surface area contributed by atoms with Crippen LogP contribution < -0.4 is 11.1 Å². The zero-order chi connectivity index (χ0) is 17.1. The maximum Gasteiger partial charge on any atom is 0.265 e. The number of hydrogen-bond acceptors (Lipinski definition) is 4. The molecule has 1 aliphatic rings. The van der Waals surface area contributed by atoms with Crippen molar-refractivity contribution in [2.45, 2.75) is 36.9 Å².